The Morgan fingerprint density at radius 3 is 2.71 bits per heavy atom. The van der Waals surface area contributed by atoms with Crippen LogP contribution in [0.5, 0.6) is 5.75 Å². The minimum atomic E-state index is 0.842. The summed E-state index contributed by atoms with van der Waals surface area (Å²) in [4.78, 5) is 7.07. The predicted octanol–water partition coefficient (Wildman–Crippen LogP) is 3.52. The van der Waals surface area contributed by atoms with Crippen LogP contribution < -0.4 is 10.1 Å². The van der Waals surface area contributed by atoms with E-state index >= 15 is 0 Å². The summed E-state index contributed by atoms with van der Waals surface area (Å²) < 4.78 is 5.29. The van der Waals surface area contributed by atoms with E-state index < -0.39 is 0 Å². The number of pyridine rings is 1. The van der Waals surface area contributed by atoms with Crippen LogP contribution in [0.3, 0.4) is 0 Å². The molecule has 0 spiro atoms. The monoisotopic (exact) mass is 287 g/mol. The van der Waals surface area contributed by atoms with Gasteiger partial charge < -0.3 is 15.0 Å². The fourth-order valence-electron chi connectivity index (χ4n) is 2.24. The third kappa shape index (κ3) is 3.85. The number of benzene rings is 1. The standard InChI is InChI=1S/C17H25N3O/c1-5-9-18-17-14(12-20(3)6-2)10-13-7-8-15(21-4)11-16(13)19-17/h7-8,10-11H,5-6,9,12H2,1-4H3,(H,18,19). The van der Waals surface area contributed by atoms with Gasteiger partial charge in [0.15, 0.2) is 0 Å². The molecule has 0 amide bonds. The second-order valence-corrected chi connectivity index (χ2v) is 5.31. The molecule has 0 unspecified atom stereocenters. The Morgan fingerprint density at radius 1 is 1.24 bits per heavy atom. The molecule has 0 fully saturated rings. The van der Waals surface area contributed by atoms with Crippen LogP contribution in [0.1, 0.15) is 25.8 Å². The average Bonchev–Trinajstić information content (AvgIpc) is 2.52. The van der Waals surface area contributed by atoms with Crippen LogP contribution in [0.15, 0.2) is 24.3 Å². The first-order valence-corrected chi connectivity index (χ1v) is 7.58. The number of fused-ring (bicyclic) bond motifs is 1. The van der Waals surface area contributed by atoms with Gasteiger partial charge in [0.2, 0.25) is 0 Å². The van der Waals surface area contributed by atoms with Gasteiger partial charge in [-0.2, -0.15) is 0 Å². The molecule has 0 aliphatic carbocycles. The highest BCUT2D eigenvalue weighted by Crippen LogP contribution is 2.25. The van der Waals surface area contributed by atoms with E-state index in [-0.39, 0.29) is 0 Å². The molecule has 21 heavy (non-hydrogen) atoms. The topological polar surface area (TPSA) is 37.4 Å². The molecule has 1 heterocycles. The Balaban J connectivity index is 2.43. The van der Waals surface area contributed by atoms with Gasteiger partial charge in [-0.1, -0.05) is 13.8 Å². The largest absolute Gasteiger partial charge is 0.497 e. The number of nitrogens with zero attached hydrogens (tertiary/aromatic N) is 2. The summed E-state index contributed by atoms with van der Waals surface area (Å²) in [5.74, 6) is 1.83. The van der Waals surface area contributed by atoms with Crippen molar-refractivity contribution in [3.05, 3.63) is 29.8 Å². The fourth-order valence-corrected chi connectivity index (χ4v) is 2.24. The summed E-state index contributed by atoms with van der Waals surface area (Å²) in [6, 6.07) is 8.27. The van der Waals surface area contributed by atoms with Crippen molar-refractivity contribution in [1.29, 1.82) is 0 Å². The van der Waals surface area contributed by atoms with Crippen LogP contribution in [-0.2, 0) is 6.54 Å². The Morgan fingerprint density at radius 2 is 2.05 bits per heavy atom. The molecular formula is C17H25N3O. The lowest BCUT2D eigenvalue weighted by Gasteiger charge is -2.18. The van der Waals surface area contributed by atoms with Crippen LogP contribution in [0.4, 0.5) is 5.82 Å². The van der Waals surface area contributed by atoms with E-state index in [1.807, 2.05) is 12.1 Å². The summed E-state index contributed by atoms with van der Waals surface area (Å²) in [6.45, 7) is 7.18. The van der Waals surface area contributed by atoms with Crippen LogP contribution in [0.2, 0.25) is 0 Å². The molecule has 1 aromatic heterocycles. The van der Waals surface area contributed by atoms with Crippen molar-refractivity contribution in [3.8, 4) is 5.75 Å². The Kier molecular flexibility index (Phi) is 5.39. The van der Waals surface area contributed by atoms with E-state index in [2.05, 4.69) is 43.2 Å². The quantitative estimate of drug-likeness (QED) is 0.845. The van der Waals surface area contributed by atoms with Gasteiger partial charge in [0.05, 0.1) is 12.6 Å². The normalized spacial score (nSPS) is 11.1. The highest BCUT2D eigenvalue weighted by molar-refractivity contribution is 5.83. The van der Waals surface area contributed by atoms with Crippen molar-refractivity contribution in [3.63, 3.8) is 0 Å². The second kappa shape index (κ2) is 7.27. The zero-order valence-corrected chi connectivity index (χ0v) is 13.4. The maximum Gasteiger partial charge on any atom is 0.131 e. The first-order valence-electron chi connectivity index (χ1n) is 7.58. The Hall–Kier alpha value is -1.81. The lowest BCUT2D eigenvalue weighted by molar-refractivity contribution is 0.346. The number of ether oxygens (including phenoxy) is 1. The van der Waals surface area contributed by atoms with E-state index in [1.165, 1.54) is 5.56 Å². The van der Waals surface area contributed by atoms with Gasteiger partial charge in [-0.05, 0) is 38.2 Å². The molecule has 4 nitrogen and oxygen atoms in total. The van der Waals surface area contributed by atoms with Gasteiger partial charge >= 0.3 is 0 Å². The van der Waals surface area contributed by atoms with Crippen molar-refractivity contribution in [2.24, 2.45) is 0 Å². The van der Waals surface area contributed by atoms with E-state index in [1.54, 1.807) is 7.11 Å². The molecule has 1 aromatic carbocycles. The summed E-state index contributed by atoms with van der Waals surface area (Å²) >= 11 is 0. The summed E-state index contributed by atoms with van der Waals surface area (Å²) in [5.41, 5.74) is 2.21. The van der Waals surface area contributed by atoms with Crippen LogP contribution in [0, 0.1) is 0 Å². The number of hydrogen-bond donors (Lipinski definition) is 1. The highest BCUT2D eigenvalue weighted by atomic mass is 16.5. The summed E-state index contributed by atoms with van der Waals surface area (Å²) in [6.07, 6.45) is 1.08. The summed E-state index contributed by atoms with van der Waals surface area (Å²) in [7, 11) is 3.81. The minimum Gasteiger partial charge on any atom is -0.497 e. The van der Waals surface area contributed by atoms with Crippen LogP contribution in [0.25, 0.3) is 10.9 Å². The van der Waals surface area contributed by atoms with Gasteiger partial charge in [-0.25, -0.2) is 4.98 Å². The third-order valence-corrected chi connectivity index (χ3v) is 3.63. The predicted molar refractivity (Wildman–Crippen MR) is 89.1 cm³/mol. The lowest BCUT2D eigenvalue weighted by atomic mass is 10.1. The van der Waals surface area contributed by atoms with Gasteiger partial charge in [0.25, 0.3) is 0 Å². The molecule has 0 saturated carbocycles. The lowest BCUT2D eigenvalue weighted by Crippen LogP contribution is -2.18. The van der Waals surface area contributed by atoms with Crippen molar-refractivity contribution in [2.75, 3.05) is 32.6 Å². The first-order chi connectivity index (χ1) is 10.2. The van der Waals surface area contributed by atoms with Crippen molar-refractivity contribution in [1.82, 2.24) is 9.88 Å². The van der Waals surface area contributed by atoms with Crippen molar-refractivity contribution < 1.29 is 4.74 Å². The average molecular weight is 287 g/mol. The smallest absolute Gasteiger partial charge is 0.131 e. The number of hydrogen-bond acceptors (Lipinski definition) is 4. The SMILES string of the molecule is CCCNc1nc2cc(OC)ccc2cc1CN(C)CC. The van der Waals surface area contributed by atoms with Gasteiger partial charge in [-0.3, -0.25) is 0 Å². The number of methoxy groups -OCH3 is 1. The van der Waals surface area contributed by atoms with E-state index in [0.717, 1.165) is 48.5 Å². The van der Waals surface area contributed by atoms with Gasteiger partial charge in [0.1, 0.15) is 11.6 Å². The molecule has 0 aliphatic heterocycles. The number of aromatic nitrogens is 1. The molecule has 4 heteroatoms. The summed E-state index contributed by atoms with van der Waals surface area (Å²) in [5, 5.41) is 4.59. The second-order valence-electron chi connectivity index (χ2n) is 5.31. The molecule has 2 rings (SSSR count). The molecule has 0 aliphatic rings. The number of anilines is 1. The number of rotatable bonds is 7. The van der Waals surface area contributed by atoms with E-state index in [4.69, 9.17) is 9.72 Å². The molecule has 2 aromatic rings. The maximum absolute atomic E-state index is 5.29. The van der Waals surface area contributed by atoms with Crippen LogP contribution >= 0.6 is 0 Å². The van der Waals surface area contributed by atoms with Crippen LogP contribution in [-0.4, -0.2) is 37.1 Å². The number of nitrogens with one attached hydrogen (secondary N) is 1. The van der Waals surface area contributed by atoms with Crippen molar-refractivity contribution >= 4 is 16.7 Å². The zero-order valence-electron chi connectivity index (χ0n) is 13.4. The third-order valence-electron chi connectivity index (χ3n) is 3.63. The molecule has 114 valence electrons. The molecular weight excluding hydrogens is 262 g/mol. The maximum atomic E-state index is 5.29. The van der Waals surface area contributed by atoms with Gasteiger partial charge in [-0.15, -0.1) is 0 Å². The molecule has 0 saturated heterocycles. The Labute approximate surface area is 127 Å². The Bertz CT molecular complexity index is 598. The molecule has 0 bridgehead atoms. The van der Waals surface area contributed by atoms with E-state index in [9.17, 15) is 0 Å². The van der Waals surface area contributed by atoms with E-state index in [0.29, 0.717) is 0 Å². The molecule has 0 atom stereocenters. The van der Waals surface area contributed by atoms with Gasteiger partial charge in [0, 0.05) is 30.1 Å². The molecule has 1 N–H and O–H groups in total. The fraction of sp³-hybridized carbons (Fsp3) is 0.471. The zero-order chi connectivity index (χ0) is 15.2. The van der Waals surface area contributed by atoms with Crippen molar-refractivity contribution in [2.45, 2.75) is 26.8 Å². The first kappa shape index (κ1) is 15.6. The highest BCUT2D eigenvalue weighted by Gasteiger charge is 2.09. The minimum absolute atomic E-state index is 0.842. The molecule has 0 radical (unpaired) electrons.